The van der Waals surface area contributed by atoms with Crippen LogP contribution in [0.15, 0.2) is 36.8 Å². The van der Waals surface area contributed by atoms with Gasteiger partial charge in [0.2, 0.25) is 0 Å². The van der Waals surface area contributed by atoms with Crippen LogP contribution in [0.25, 0.3) is 0 Å². The van der Waals surface area contributed by atoms with Crippen LogP contribution in [-0.4, -0.2) is 15.2 Å². The fourth-order valence-corrected chi connectivity index (χ4v) is 1.43. The summed E-state index contributed by atoms with van der Waals surface area (Å²) in [5.74, 6) is 0. The van der Waals surface area contributed by atoms with Crippen molar-refractivity contribution in [1.82, 2.24) is 20.5 Å². The molecule has 0 saturated heterocycles. The molecule has 4 nitrogen and oxygen atoms in total. The molecule has 0 atom stereocenters. The molecule has 0 spiro atoms. The number of nitrogens with one attached hydrogen (secondary N) is 1. The maximum absolute atomic E-state index is 4.10. The second kappa shape index (κ2) is 5.32. The fraction of sp³-hybridized carbons (Fsp3) is 0.250. The molecule has 0 unspecified atom stereocenters. The minimum atomic E-state index is 0.724. The van der Waals surface area contributed by atoms with Gasteiger partial charge in [-0.25, -0.2) is 0 Å². The molecule has 0 aliphatic rings. The number of aromatic nitrogens is 3. The van der Waals surface area contributed by atoms with E-state index in [9.17, 15) is 0 Å². The molecule has 82 valence electrons. The summed E-state index contributed by atoms with van der Waals surface area (Å²) in [4.78, 5) is 4.10. The van der Waals surface area contributed by atoms with E-state index in [0.29, 0.717) is 0 Å². The molecule has 16 heavy (non-hydrogen) atoms. The van der Waals surface area contributed by atoms with Gasteiger partial charge in [0.05, 0.1) is 5.69 Å². The van der Waals surface area contributed by atoms with E-state index in [1.165, 1.54) is 11.1 Å². The van der Waals surface area contributed by atoms with E-state index in [2.05, 4.69) is 27.4 Å². The molecular formula is C12H14N4. The summed E-state index contributed by atoms with van der Waals surface area (Å²) >= 11 is 0. The maximum Gasteiger partial charge on any atom is 0.0769 e. The number of rotatable bonds is 4. The first-order chi connectivity index (χ1) is 7.86. The lowest BCUT2D eigenvalue weighted by atomic mass is 10.1. The van der Waals surface area contributed by atoms with Crippen molar-refractivity contribution in [2.24, 2.45) is 0 Å². The Balaban J connectivity index is 1.87. The number of hydrogen-bond donors (Lipinski definition) is 1. The zero-order valence-electron chi connectivity index (χ0n) is 9.22. The van der Waals surface area contributed by atoms with Gasteiger partial charge >= 0.3 is 0 Å². The molecule has 0 fully saturated rings. The number of hydrogen-bond acceptors (Lipinski definition) is 4. The lowest BCUT2D eigenvalue weighted by molar-refractivity contribution is 0.666. The largest absolute Gasteiger partial charge is 0.307 e. The van der Waals surface area contributed by atoms with E-state index in [-0.39, 0.29) is 0 Å². The maximum atomic E-state index is 4.10. The monoisotopic (exact) mass is 214 g/mol. The van der Waals surface area contributed by atoms with Crippen LogP contribution < -0.4 is 5.32 Å². The summed E-state index contributed by atoms with van der Waals surface area (Å²) in [5.41, 5.74) is 3.41. The Bertz CT molecular complexity index is 442. The minimum absolute atomic E-state index is 0.724. The van der Waals surface area contributed by atoms with Crippen LogP contribution in [-0.2, 0) is 13.1 Å². The Morgan fingerprint density at radius 3 is 2.88 bits per heavy atom. The molecule has 0 aliphatic heterocycles. The Morgan fingerprint density at radius 2 is 2.12 bits per heavy atom. The average molecular weight is 214 g/mol. The van der Waals surface area contributed by atoms with Crippen molar-refractivity contribution in [2.45, 2.75) is 20.0 Å². The van der Waals surface area contributed by atoms with Crippen molar-refractivity contribution in [1.29, 1.82) is 0 Å². The molecule has 0 saturated carbocycles. The van der Waals surface area contributed by atoms with Crippen LogP contribution in [0.4, 0.5) is 0 Å². The van der Waals surface area contributed by atoms with Crippen molar-refractivity contribution >= 4 is 0 Å². The summed E-state index contributed by atoms with van der Waals surface area (Å²) in [7, 11) is 0. The average Bonchev–Trinajstić information content (AvgIpc) is 2.33. The standard InChI is InChI=1S/C12H14N4/c1-10-4-6-13-7-11(10)8-14-9-12-3-2-5-15-16-12/h2-7,14H,8-9H2,1H3. The molecule has 4 heteroatoms. The SMILES string of the molecule is Cc1ccncc1CNCc1cccnn1. The molecule has 0 aromatic carbocycles. The topological polar surface area (TPSA) is 50.7 Å². The van der Waals surface area contributed by atoms with Gasteiger partial charge in [-0.3, -0.25) is 4.98 Å². The van der Waals surface area contributed by atoms with Gasteiger partial charge in [0, 0.05) is 31.7 Å². The summed E-state index contributed by atoms with van der Waals surface area (Å²) in [6.07, 6.45) is 5.37. The van der Waals surface area contributed by atoms with Gasteiger partial charge in [0.25, 0.3) is 0 Å². The van der Waals surface area contributed by atoms with Crippen LogP contribution >= 0.6 is 0 Å². The molecule has 2 heterocycles. The number of nitrogens with zero attached hydrogens (tertiary/aromatic N) is 3. The van der Waals surface area contributed by atoms with Gasteiger partial charge in [0.15, 0.2) is 0 Å². The van der Waals surface area contributed by atoms with Crippen LogP contribution in [0.2, 0.25) is 0 Å². The highest BCUT2D eigenvalue weighted by Gasteiger charge is 1.98. The third kappa shape index (κ3) is 2.84. The van der Waals surface area contributed by atoms with Gasteiger partial charge in [-0.05, 0) is 36.2 Å². The zero-order valence-corrected chi connectivity index (χ0v) is 9.22. The van der Waals surface area contributed by atoms with Crippen molar-refractivity contribution < 1.29 is 0 Å². The second-order valence-corrected chi connectivity index (χ2v) is 3.62. The van der Waals surface area contributed by atoms with Crippen LogP contribution in [0.3, 0.4) is 0 Å². The predicted octanol–water partition coefficient (Wildman–Crippen LogP) is 1.47. The van der Waals surface area contributed by atoms with Gasteiger partial charge in [-0.2, -0.15) is 10.2 Å². The quantitative estimate of drug-likeness (QED) is 0.837. The number of pyridine rings is 1. The fourth-order valence-electron chi connectivity index (χ4n) is 1.43. The van der Waals surface area contributed by atoms with Crippen molar-refractivity contribution in [2.75, 3.05) is 0 Å². The Morgan fingerprint density at radius 1 is 1.19 bits per heavy atom. The first-order valence-electron chi connectivity index (χ1n) is 5.23. The highest BCUT2D eigenvalue weighted by Crippen LogP contribution is 2.04. The summed E-state index contributed by atoms with van der Waals surface area (Å²) in [6, 6.07) is 5.86. The first kappa shape index (κ1) is 10.7. The van der Waals surface area contributed by atoms with Crippen molar-refractivity contribution in [3.63, 3.8) is 0 Å². The predicted molar refractivity (Wildman–Crippen MR) is 61.5 cm³/mol. The van der Waals surface area contributed by atoms with E-state index in [4.69, 9.17) is 0 Å². The summed E-state index contributed by atoms with van der Waals surface area (Å²) in [6.45, 7) is 3.61. The van der Waals surface area contributed by atoms with E-state index < -0.39 is 0 Å². The van der Waals surface area contributed by atoms with E-state index in [0.717, 1.165) is 18.8 Å². The van der Waals surface area contributed by atoms with E-state index in [1.807, 2.05) is 30.6 Å². The van der Waals surface area contributed by atoms with Crippen molar-refractivity contribution in [3.8, 4) is 0 Å². The highest BCUT2D eigenvalue weighted by molar-refractivity contribution is 5.21. The Kier molecular flexibility index (Phi) is 3.56. The van der Waals surface area contributed by atoms with Gasteiger partial charge in [0.1, 0.15) is 0 Å². The van der Waals surface area contributed by atoms with E-state index >= 15 is 0 Å². The molecule has 0 bridgehead atoms. The van der Waals surface area contributed by atoms with Gasteiger partial charge in [-0.1, -0.05) is 0 Å². The van der Waals surface area contributed by atoms with Crippen LogP contribution in [0.1, 0.15) is 16.8 Å². The third-order valence-corrected chi connectivity index (χ3v) is 2.40. The van der Waals surface area contributed by atoms with Gasteiger partial charge in [-0.15, -0.1) is 0 Å². The van der Waals surface area contributed by atoms with Crippen LogP contribution in [0.5, 0.6) is 0 Å². The Labute approximate surface area is 94.8 Å². The zero-order chi connectivity index (χ0) is 11.2. The molecular weight excluding hydrogens is 200 g/mol. The summed E-state index contributed by atoms with van der Waals surface area (Å²) < 4.78 is 0. The molecule has 0 radical (unpaired) electrons. The minimum Gasteiger partial charge on any atom is -0.307 e. The summed E-state index contributed by atoms with van der Waals surface area (Å²) in [5, 5.41) is 11.1. The molecule has 2 aromatic heterocycles. The molecule has 0 amide bonds. The molecule has 2 rings (SSSR count). The molecule has 2 aromatic rings. The lowest BCUT2D eigenvalue weighted by Crippen LogP contribution is -2.14. The second-order valence-electron chi connectivity index (χ2n) is 3.62. The molecule has 1 N–H and O–H groups in total. The van der Waals surface area contributed by atoms with Gasteiger partial charge < -0.3 is 5.32 Å². The third-order valence-electron chi connectivity index (χ3n) is 2.40. The van der Waals surface area contributed by atoms with Crippen molar-refractivity contribution in [3.05, 3.63) is 53.6 Å². The van der Waals surface area contributed by atoms with E-state index in [1.54, 1.807) is 6.20 Å². The lowest BCUT2D eigenvalue weighted by Gasteiger charge is -2.06. The Hall–Kier alpha value is -1.81. The normalized spacial score (nSPS) is 10.3. The smallest absolute Gasteiger partial charge is 0.0769 e. The number of aryl methyl sites for hydroxylation is 1. The first-order valence-corrected chi connectivity index (χ1v) is 5.23. The van der Waals surface area contributed by atoms with Crippen LogP contribution in [0, 0.1) is 6.92 Å². The highest BCUT2D eigenvalue weighted by atomic mass is 15.1. The molecule has 0 aliphatic carbocycles.